The van der Waals surface area contributed by atoms with Crippen molar-refractivity contribution >= 4 is 37.6 Å². The van der Waals surface area contributed by atoms with Gasteiger partial charge in [-0.2, -0.15) is 0 Å². The highest BCUT2D eigenvalue weighted by molar-refractivity contribution is 9.10. The molecule has 9 heteroatoms. The molecule has 0 aliphatic rings. The first-order valence-electron chi connectivity index (χ1n) is 5.71. The van der Waals surface area contributed by atoms with Gasteiger partial charge in [0.2, 0.25) is 0 Å². The molecule has 0 radical (unpaired) electrons. The van der Waals surface area contributed by atoms with Crippen molar-refractivity contribution < 1.29 is 27.1 Å². The maximum Gasteiger partial charge on any atom is 0.336 e. The molecule has 0 aliphatic carbocycles. The molecule has 0 atom stereocenters. The third-order valence-electron chi connectivity index (χ3n) is 2.59. The number of carbonyl (C=O) groups is 1. The van der Waals surface area contributed by atoms with Crippen molar-refractivity contribution in [3.63, 3.8) is 0 Å². The lowest BCUT2D eigenvalue weighted by atomic mass is 10.2. The van der Waals surface area contributed by atoms with E-state index in [-0.39, 0.29) is 20.6 Å². The second-order valence-electron chi connectivity index (χ2n) is 4.21. The van der Waals surface area contributed by atoms with Crippen LogP contribution in [0.15, 0.2) is 45.8 Å². The third kappa shape index (κ3) is 3.60. The molecule has 2 aromatic carbocycles. The molecule has 116 valence electrons. The minimum Gasteiger partial charge on any atom is -0.478 e. The van der Waals surface area contributed by atoms with Crippen molar-refractivity contribution in [2.45, 2.75) is 4.90 Å². The van der Waals surface area contributed by atoms with Crippen molar-refractivity contribution in [1.29, 1.82) is 0 Å². The fraction of sp³-hybridized carbons (Fsp3) is 0. The van der Waals surface area contributed by atoms with E-state index in [0.29, 0.717) is 6.07 Å². The Labute approximate surface area is 132 Å². The number of sulfonamides is 1. The highest BCUT2D eigenvalue weighted by atomic mass is 79.9. The van der Waals surface area contributed by atoms with Crippen molar-refractivity contribution in [1.82, 2.24) is 0 Å². The number of benzene rings is 2. The molecular weight excluding hydrogens is 384 g/mol. The number of hydrogen-bond acceptors (Lipinski definition) is 3. The molecule has 2 rings (SSSR count). The highest BCUT2D eigenvalue weighted by Gasteiger charge is 2.19. The summed E-state index contributed by atoms with van der Waals surface area (Å²) >= 11 is 2.99. The van der Waals surface area contributed by atoms with Crippen LogP contribution in [0.3, 0.4) is 0 Å². The summed E-state index contributed by atoms with van der Waals surface area (Å²) in [6.07, 6.45) is 0. The zero-order chi connectivity index (χ0) is 16.5. The summed E-state index contributed by atoms with van der Waals surface area (Å²) in [6, 6.07) is 5.55. The standard InChI is InChI=1S/C13H8BrF2NO4S/c14-12-2-1-10(6-11(12)13(18)19)22(20,21)17-9-4-7(15)3-8(16)5-9/h1-6,17H,(H,18,19). The van der Waals surface area contributed by atoms with Gasteiger partial charge in [-0.15, -0.1) is 0 Å². The van der Waals surface area contributed by atoms with Gasteiger partial charge in [-0.3, -0.25) is 4.72 Å². The van der Waals surface area contributed by atoms with Gasteiger partial charge in [0, 0.05) is 10.5 Å². The minimum atomic E-state index is -4.19. The SMILES string of the molecule is O=C(O)c1cc(S(=O)(=O)Nc2cc(F)cc(F)c2)ccc1Br. The molecule has 2 N–H and O–H groups in total. The van der Waals surface area contributed by atoms with Crippen molar-refractivity contribution in [3.8, 4) is 0 Å². The van der Waals surface area contributed by atoms with Crippen LogP contribution in [0.2, 0.25) is 0 Å². The Morgan fingerprint density at radius 3 is 2.23 bits per heavy atom. The maximum atomic E-state index is 13.1. The lowest BCUT2D eigenvalue weighted by Gasteiger charge is -2.09. The predicted molar refractivity (Wildman–Crippen MR) is 78.3 cm³/mol. The summed E-state index contributed by atoms with van der Waals surface area (Å²) in [7, 11) is -4.19. The van der Waals surface area contributed by atoms with Gasteiger partial charge in [0.25, 0.3) is 10.0 Å². The van der Waals surface area contributed by atoms with Gasteiger partial charge in [-0.25, -0.2) is 22.0 Å². The molecule has 0 aromatic heterocycles. The van der Waals surface area contributed by atoms with Crippen LogP contribution in [0.5, 0.6) is 0 Å². The third-order valence-corrected chi connectivity index (χ3v) is 4.66. The Bertz CT molecular complexity index is 835. The van der Waals surface area contributed by atoms with Crippen LogP contribution in [-0.4, -0.2) is 19.5 Å². The van der Waals surface area contributed by atoms with Crippen molar-refractivity contribution in [2.24, 2.45) is 0 Å². The van der Waals surface area contributed by atoms with Crippen LogP contribution >= 0.6 is 15.9 Å². The molecule has 5 nitrogen and oxygen atoms in total. The summed E-state index contributed by atoms with van der Waals surface area (Å²) in [5, 5.41) is 8.97. The van der Waals surface area contributed by atoms with Gasteiger partial charge >= 0.3 is 5.97 Å². The van der Waals surface area contributed by atoms with Gasteiger partial charge in [0.1, 0.15) is 11.6 Å². The average Bonchev–Trinajstić information content (AvgIpc) is 2.36. The summed E-state index contributed by atoms with van der Waals surface area (Å²) in [5.74, 6) is -3.21. The number of nitrogens with one attached hydrogen (secondary N) is 1. The predicted octanol–water partition coefficient (Wildman–Crippen LogP) is 3.23. The van der Waals surface area contributed by atoms with Crippen LogP contribution in [0, 0.1) is 11.6 Å². The molecule has 0 saturated heterocycles. The normalized spacial score (nSPS) is 11.2. The highest BCUT2D eigenvalue weighted by Crippen LogP contribution is 2.23. The van der Waals surface area contributed by atoms with Crippen molar-refractivity contribution in [3.05, 3.63) is 58.1 Å². The molecule has 0 heterocycles. The maximum absolute atomic E-state index is 13.1. The van der Waals surface area contributed by atoms with E-state index < -0.39 is 27.6 Å². The Morgan fingerprint density at radius 2 is 1.68 bits per heavy atom. The summed E-state index contributed by atoms with van der Waals surface area (Å²) in [6.45, 7) is 0. The van der Waals surface area contributed by atoms with Gasteiger partial charge in [-0.1, -0.05) is 0 Å². The van der Waals surface area contributed by atoms with Gasteiger partial charge in [0.15, 0.2) is 0 Å². The van der Waals surface area contributed by atoms with E-state index in [1.807, 2.05) is 4.72 Å². The first kappa shape index (κ1) is 16.4. The van der Waals surface area contributed by atoms with Gasteiger partial charge < -0.3 is 5.11 Å². The number of aromatic carboxylic acids is 1. The monoisotopic (exact) mass is 391 g/mol. The zero-order valence-corrected chi connectivity index (χ0v) is 13.1. The van der Waals surface area contributed by atoms with Crippen LogP contribution in [-0.2, 0) is 10.0 Å². The number of carboxylic acids is 1. The molecule has 0 spiro atoms. The number of hydrogen-bond donors (Lipinski definition) is 2. The fourth-order valence-electron chi connectivity index (χ4n) is 1.66. The Kier molecular flexibility index (Phi) is 4.47. The number of anilines is 1. The van der Waals surface area contributed by atoms with E-state index in [1.54, 1.807) is 0 Å². The minimum absolute atomic E-state index is 0.204. The molecule has 2 aromatic rings. The molecule has 0 aliphatic heterocycles. The van der Waals surface area contributed by atoms with Crippen LogP contribution in [0.25, 0.3) is 0 Å². The summed E-state index contributed by atoms with van der Waals surface area (Å²) < 4.78 is 52.6. The topological polar surface area (TPSA) is 83.5 Å². The number of carboxylic acid groups (broad SMARTS) is 1. The molecule has 0 fully saturated rings. The Balaban J connectivity index is 2.42. The van der Waals surface area contributed by atoms with Crippen molar-refractivity contribution in [2.75, 3.05) is 4.72 Å². The zero-order valence-electron chi connectivity index (χ0n) is 10.7. The smallest absolute Gasteiger partial charge is 0.336 e. The lowest BCUT2D eigenvalue weighted by Crippen LogP contribution is -2.14. The van der Waals surface area contributed by atoms with E-state index in [9.17, 15) is 22.0 Å². The van der Waals surface area contributed by atoms with Crippen LogP contribution in [0.1, 0.15) is 10.4 Å². The van der Waals surface area contributed by atoms with E-state index in [2.05, 4.69) is 15.9 Å². The quantitative estimate of drug-likeness (QED) is 0.837. The second kappa shape index (κ2) is 6.01. The van der Waals surface area contributed by atoms with E-state index in [1.165, 1.54) is 6.07 Å². The molecule has 0 saturated carbocycles. The van der Waals surface area contributed by atoms with E-state index in [4.69, 9.17) is 5.11 Å². The van der Waals surface area contributed by atoms with Gasteiger partial charge in [-0.05, 0) is 46.3 Å². The van der Waals surface area contributed by atoms with E-state index in [0.717, 1.165) is 24.3 Å². The van der Waals surface area contributed by atoms with Crippen LogP contribution in [0.4, 0.5) is 14.5 Å². The summed E-state index contributed by atoms with van der Waals surface area (Å²) in [5.41, 5.74) is -0.564. The van der Waals surface area contributed by atoms with Gasteiger partial charge in [0.05, 0.1) is 16.1 Å². The first-order valence-corrected chi connectivity index (χ1v) is 7.98. The Morgan fingerprint density at radius 1 is 1.09 bits per heavy atom. The fourth-order valence-corrected chi connectivity index (χ4v) is 3.14. The molecule has 22 heavy (non-hydrogen) atoms. The number of rotatable bonds is 4. The average molecular weight is 392 g/mol. The molecule has 0 bridgehead atoms. The summed E-state index contributed by atoms with van der Waals surface area (Å²) in [4.78, 5) is 10.7. The molecule has 0 unspecified atom stereocenters. The molecule has 0 amide bonds. The largest absolute Gasteiger partial charge is 0.478 e. The number of halogens is 3. The van der Waals surface area contributed by atoms with Crippen LogP contribution < -0.4 is 4.72 Å². The Hall–Kier alpha value is -2.00. The van der Waals surface area contributed by atoms with E-state index >= 15 is 0 Å². The first-order chi connectivity index (χ1) is 10.2. The lowest BCUT2D eigenvalue weighted by molar-refractivity contribution is 0.0695. The second-order valence-corrected chi connectivity index (χ2v) is 6.75. The molecular formula is C13H8BrF2NO4S.